The summed E-state index contributed by atoms with van der Waals surface area (Å²) < 4.78 is 11.8. The topological polar surface area (TPSA) is 54.7 Å². The molecule has 0 aliphatic rings. The molecule has 26 heavy (non-hydrogen) atoms. The Morgan fingerprint density at radius 3 is 2.12 bits per heavy atom. The van der Waals surface area contributed by atoms with Crippen molar-refractivity contribution >= 4 is 17.4 Å². The number of nitrogens with zero attached hydrogens (tertiary/aromatic N) is 1. The molecule has 140 valence electrons. The van der Waals surface area contributed by atoms with Gasteiger partial charge in [-0.1, -0.05) is 56.1 Å². The van der Waals surface area contributed by atoms with Gasteiger partial charge in [-0.15, -0.1) is 0 Å². The standard InChI is InChI=1S/C21H28N2O2S/c1-4-6-12-24-19-15-21(26-17-10-8-16(3)9-11-17)20(14-18(19)23-22)25-13-7-5-2/h8-11,14-15,22H,4-7,12-13H2,1-3H3. The summed E-state index contributed by atoms with van der Waals surface area (Å²) in [6, 6.07) is 12.2. The van der Waals surface area contributed by atoms with Crippen LogP contribution in [-0.4, -0.2) is 13.2 Å². The molecule has 0 aliphatic carbocycles. The molecule has 0 radical (unpaired) electrons. The average Bonchev–Trinajstić information content (AvgIpc) is 2.65. The molecule has 0 saturated carbocycles. The van der Waals surface area contributed by atoms with Gasteiger partial charge in [0.15, 0.2) is 0 Å². The minimum Gasteiger partial charge on any atom is -0.492 e. The normalized spacial score (nSPS) is 10.6. The van der Waals surface area contributed by atoms with Crippen molar-refractivity contribution in [2.45, 2.75) is 56.2 Å². The first-order valence-corrected chi connectivity index (χ1v) is 10.0. The highest BCUT2D eigenvalue weighted by Gasteiger charge is 2.14. The second kappa shape index (κ2) is 10.9. The van der Waals surface area contributed by atoms with Gasteiger partial charge in [-0.3, -0.25) is 0 Å². The van der Waals surface area contributed by atoms with Gasteiger partial charge in [0.25, 0.3) is 0 Å². The van der Waals surface area contributed by atoms with Crippen LogP contribution in [0.4, 0.5) is 5.69 Å². The molecule has 2 rings (SSSR count). The number of aryl methyl sites for hydroxylation is 1. The number of benzene rings is 2. The summed E-state index contributed by atoms with van der Waals surface area (Å²) in [5.41, 5.74) is 9.22. The molecule has 5 heteroatoms. The smallest absolute Gasteiger partial charge is 0.148 e. The second-order valence-corrected chi connectivity index (χ2v) is 7.31. The fraction of sp³-hybridized carbons (Fsp3) is 0.429. The zero-order chi connectivity index (χ0) is 18.8. The van der Waals surface area contributed by atoms with Gasteiger partial charge in [0.2, 0.25) is 0 Å². The Morgan fingerprint density at radius 2 is 1.54 bits per heavy atom. The summed E-state index contributed by atoms with van der Waals surface area (Å²) in [4.78, 5) is 2.13. The molecule has 0 spiro atoms. The van der Waals surface area contributed by atoms with Crippen molar-refractivity contribution < 1.29 is 9.47 Å². The lowest BCUT2D eigenvalue weighted by Crippen LogP contribution is -2.00. The summed E-state index contributed by atoms with van der Waals surface area (Å²) >= 11 is 1.65. The molecule has 0 amide bonds. The van der Waals surface area contributed by atoms with E-state index in [2.05, 4.69) is 50.2 Å². The van der Waals surface area contributed by atoms with Gasteiger partial charge in [-0.05, 0) is 31.9 Å². The largest absolute Gasteiger partial charge is 0.492 e. The first-order valence-electron chi connectivity index (χ1n) is 9.23. The van der Waals surface area contributed by atoms with Crippen LogP contribution in [0.5, 0.6) is 11.5 Å². The molecule has 2 aromatic carbocycles. The Hall–Kier alpha value is -2.01. The number of nitrogens with one attached hydrogen (secondary N) is 1. The predicted octanol–water partition coefficient (Wildman–Crippen LogP) is 7.17. The quantitative estimate of drug-likeness (QED) is 0.336. The van der Waals surface area contributed by atoms with E-state index in [1.165, 1.54) is 5.56 Å². The zero-order valence-corrected chi connectivity index (χ0v) is 16.7. The van der Waals surface area contributed by atoms with Crippen molar-refractivity contribution in [3.63, 3.8) is 0 Å². The number of ether oxygens (including phenoxy) is 2. The molecule has 2 aromatic rings. The van der Waals surface area contributed by atoms with Crippen molar-refractivity contribution in [3.05, 3.63) is 42.0 Å². The number of hydrogen-bond donors (Lipinski definition) is 1. The second-order valence-electron chi connectivity index (χ2n) is 6.20. The summed E-state index contributed by atoms with van der Waals surface area (Å²) in [5.74, 6) is 1.41. The van der Waals surface area contributed by atoms with E-state index in [1.54, 1.807) is 11.8 Å². The highest BCUT2D eigenvalue weighted by molar-refractivity contribution is 7.99. The van der Waals surface area contributed by atoms with Gasteiger partial charge in [-0.25, -0.2) is 5.53 Å². The SMILES string of the molecule is CCCCOc1cc(Sc2ccc(C)cc2)c(OCCCC)cc1N=N. The lowest BCUT2D eigenvalue weighted by atomic mass is 10.2. The molecule has 0 saturated heterocycles. The lowest BCUT2D eigenvalue weighted by Gasteiger charge is -2.15. The monoisotopic (exact) mass is 372 g/mol. The van der Waals surface area contributed by atoms with Crippen LogP contribution in [0.1, 0.15) is 45.1 Å². The Balaban J connectivity index is 2.30. The van der Waals surface area contributed by atoms with Crippen LogP contribution in [0.25, 0.3) is 0 Å². The Labute approximate surface area is 160 Å². The Kier molecular flexibility index (Phi) is 8.48. The van der Waals surface area contributed by atoms with E-state index in [0.717, 1.165) is 41.2 Å². The molecule has 0 aromatic heterocycles. The van der Waals surface area contributed by atoms with Crippen molar-refractivity contribution in [3.8, 4) is 11.5 Å². The molecule has 1 N–H and O–H groups in total. The van der Waals surface area contributed by atoms with E-state index in [0.29, 0.717) is 24.7 Å². The Morgan fingerprint density at radius 1 is 0.923 bits per heavy atom. The molecule has 0 atom stereocenters. The van der Waals surface area contributed by atoms with Gasteiger partial charge in [0.05, 0.1) is 18.1 Å². The van der Waals surface area contributed by atoms with Gasteiger partial charge in [-0.2, -0.15) is 5.11 Å². The van der Waals surface area contributed by atoms with Crippen LogP contribution in [0.3, 0.4) is 0 Å². The predicted molar refractivity (Wildman–Crippen MR) is 107 cm³/mol. The minimum absolute atomic E-state index is 0.515. The molecule has 0 unspecified atom stereocenters. The van der Waals surface area contributed by atoms with Crippen LogP contribution >= 0.6 is 11.8 Å². The third-order valence-corrected chi connectivity index (χ3v) is 4.95. The van der Waals surface area contributed by atoms with Gasteiger partial charge >= 0.3 is 0 Å². The van der Waals surface area contributed by atoms with E-state index >= 15 is 0 Å². The Bertz CT molecular complexity index is 702. The van der Waals surface area contributed by atoms with Gasteiger partial charge in [0.1, 0.15) is 17.2 Å². The van der Waals surface area contributed by atoms with Crippen LogP contribution in [0.15, 0.2) is 51.3 Å². The molecule has 0 bridgehead atoms. The third-order valence-electron chi connectivity index (χ3n) is 3.91. The van der Waals surface area contributed by atoms with E-state index < -0.39 is 0 Å². The summed E-state index contributed by atoms with van der Waals surface area (Å²) in [5, 5.41) is 3.63. The van der Waals surface area contributed by atoms with Gasteiger partial charge < -0.3 is 9.47 Å². The van der Waals surface area contributed by atoms with Gasteiger partial charge in [0, 0.05) is 17.0 Å². The first-order chi connectivity index (χ1) is 12.7. The average molecular weight is 373 g/mol. The van der Waals surface area contributed by atoms with Crippen LogP contribution in [-0.2, 0) is 0 Å². The molecule has 4 nitrogen and oxygen atoms in total. The van der Waals surface area contributed by atoms with Crippen LogP contribution < -0.4 is 9.47 Å². The zero-order valence-electron chi connectivity index (χ0n) is 15.9. The minimum atomic E-state index is 0.515. The third kappa shape index (κ3) is 6.06. The van der Waals surface area contributed by atoms with E-state index in [-0.39, 0.29) is 0 Å². The highest BCUT2D eigenvalue weighted by atomic mass is 32.2. The van der Waals surface area contributed by atoms with Crippen molar-refractivity contribution in [1.82, 2.24) is 0 Å². The highest BCUT2D eigenvalue weighted by Crippen LogP contribution is 2.42. The van der Waals surface area contributed by atoms with Crippen molar-refractivity contribution in [1.29, 1.82) is 5.53 Å². The number of hydrogen-bond acceptors (Lipinski definition) is 5. The summed E-state index contributed by atoms with van der Waals surface area (Å²) in [6.45, 7) is 7.64. The molecule has 0 aliphatic heterocycles. The summed E-state index contributed by atoms with van der Waals surface area (Å²) in [6.07, 6.45) is 4.12. The molecule has 0 fully saturated rings. The maximum atomic E-state index is 7.47. The maximum Gasteiger partial charge on any atom is 0.148 e. The van der Waals surface area contributed by atoms with E-state index in [9.17, 15) is 0 Å². The van der Waals surface area contributed by atoms with Crippen LogP contribution in [0.2, 0.25) is 0 Å². The van der Waals surface area contributed by atoms with E-state index in [4.69, 9.17) is 15.0 Å². The van der Waals surface area contributed by atoms with Crippen molar-refractivity contribution in [2.24, 2.45) is 5.11 Å². The fourth-order valence-corrected chi connectivity index (χ4v) is 3.22. The fourth-order valence-electron chi connectivity index (χ4n) is 2.31. The maximum absolute atomic E-state index is 7.47. The van der Waals surface area contributed by atoms with E-state index in [1.807, 2.05) is 12.1 Å². The molecular formula is C21H28N2O2S. The number of unbranched alkanes of at least 4 members (excludes halogenated alkanes) is 2. The molecular weight excluding hydrogens is 344 g/mol. The van der Waals surface area contributed by atoms with Crippen molar-refractivity contribution in [2.75, 3.05) is 13.2 Å². The molecule has 0 heterocycles. The lowest BCUT2D eigenvalue weighted by molar-refractivity contribution is 0.295. The van der Waals surface area contributed by atoms with Crippen LogP contribution in [0, 0.1) is 12.5 Å². The number of rotatable bonds is 11. The first kappa shape index (κ1) is 20.3. The summed E-state index contributed by atoms with van der Waals surface area (Å²) in [7, 11) is 0.